The van der Waals surface area contributed by atoms with E-state index in [1.165, 1.54) is 0 Å². The lowest BCUT2D eigenvalue weighted by Crippen LogP contribution is -2.55. The van der Waals surface area contributed by atoms with E-state index in [1.54, 1.807) is 13.8 Å². The molecule has 2 heteroatoms. The van der Waals surface area contributed by atoms with Crippen LogP contribution < -0.4 is 5.32 Å². The fourth-order valence-corrected chi connectivity index (χ4v) is 1.15. The molecule has 1 rings (SSSR count). The second-order valence-electron chi connectivity index (χ2n) is 5.21. The Kier molecular flexibility index (Phi) is 4.34. The monoisotopic (exact) mass is 231 g/mol. The molecular formula is C15H21NO. The van der Waals surface area contributed by atoms with Crippen molar-refractivity contribution >= 4 is 0 Å². The van der Waals surface area contributed by atoms with Crippen LogP contribution in [0.5, 0.6) is 0 Å². The first-order valence-corrected chi connectivity index (χ1v) is 5.84. The minimum absolute atomic E-state index is 0.363. The molecule has 92 valence electrons. The van der Waals surface area contributed by atoms with E-state index in [0.29, 0.717) is 6.54 Å². The molecular weight excluding hydrogens is 210 g/mol. The highest BCUT2D eigenvalue weighted by Gasteiger charge is 2.33. The quantitative estimate of drug-likeness (QED) is 0.781. The summed E-state index contributed by atoms with van der Waals surface area (Å²) in [4.78, 5) is 0. The van der Waals surface area contributed by atoms with Crippen molar-refractivity contribution in [1.29, 1.82) is 0 Å². The van der Waals surface area contributed by atoms with Gasteiger partial charge in [-0.2, -0.15) is 0 Å². The minimum atomic E-state index is -0.776. The van der Waals surface area contributed by atoms with Gasteiger partial charge in [0.25, 0.3) is 0 Å². The number of aliphatic hydroxyl groups is 1. The van der Waals surface area contributed by atoms with Gasteiger partial charge in [-0.15, -0.1) is 0 Å². The summed E-state index contributed by atoms with van der Waals surface area (Å²) in [6, 6.07) is 9.87. The van der Waals surface area contributed by atoms with Crippen LogP contribution in [0.4, 0.5) is 0 Å². The third-order valence-electron chi connectivity index (χ3n) is 3.15. The first kappa shape index (κ1) is 13.8. The lowest BCUT2D eigenvalue weighted by Gasteiger charge is -2.37. The Morgan fingerprint density at radius 1 is 1.12 bits per heavy atom. The van der Waals surface area contributed by atoms with Gasteiger partial charge in [0, 0.05) is 11.1 Å². The van der Waals surface area contributed by atoms with Crippen molar-refractivity contribution in [2.24, 2.45) is 0 Å². The third kappa shape index (κ3) is 4.22. The number of hydrogen-bond donors (Lipinski definition) is 2. The largest absolute Gasteiger partial charge is 0.389 e. The molecule has 0 fully saturated rings. The van der Waals surface area contributed by atoms with E-state index in [1.807, 2.05) is 44.2 Å². The van der Waals surface area contributed by atoms with Gasteiger partial charge in [-0.3, -0.25) is 5.32 Å². The maximum Gasteiger partial charge on any atom is 0.0767 e. The van der Waals surface area contributed by atoms with Crippen molar-refractivity contribution in [3.63, 3.8) is 0 Å². The van der Waals surface area contributed by atoms with E-state index < -0.39 is 5.60 Å². The summed E-state index contributed by atoms with van der Waals surface area (Å²) >= 11 is 0. The molecule has 0 aliphatic carbocycles. The van der Waals surface area contributed by atoms with Gasteiger partial charge in [-0.25, -0.2) is 0 Å². The van der Waals surface area contributed by atoms with Gasteiger partial charge in [-0.1, -0.05) is 30.0 Å². The molecule has 0 aliphatic heterocycles. The standard InChI is InChI=1S/C15H21NO/c1-14(2,15(3,4)17)16-12-8-11-13-9-6-5-7-10-13/h5-7,9-10,16-17H,12H2,1-4H3. The molecule has 0 saturated carbocycles. The van der Waals surface area contributed by atoms with Crippen LogP contribution in [-0.2, 0) is 0 Å². The number of hydrogen-bond acceptors (Lipinski definition) is 2. The molecule has 0 amide bonds. The average Bonchev–Trinajstić information content (AvgIpc) is 2.24. The highest BCUT2D eigenvalue weighted by atomic mass is 16.3. The zero-order chi connectivity index (χ0) is 12.9. The molecule has 0 unspecified atom stereocenters. The van der Waals surface area contributed by atoms with Crippen molar-refractivity contribution in [2.75, 3.05) is 6.54 Å². The predicted molar refractivity (Wildman–Crippen MR) is 71.7 cm³/mol. The van der Waals surface area contributed by atoms with Crippen LogP contribution in [0.25, 0.3) is 0 Å². The van der Waals surface area contributed by atoms with Crippen molar-refractivity contribution < 1.29 is 5.11 Å². The summed E-state index contributed by atoms with van der Waals surface area (Å²) in [7, 11) is 0. The summed E-state index contributed by atoms with van der Waals surface area (Å²) < 4.78 is 0. The maximum absolute atomic E-state index is 9.95. The van der Waals surface area contributed by atoms with Crippen molar-refractivity contribution in [1.82, 2.24) is 5.32 Å². The van der Waals surface area contributed by atoms with E-state index >= 15 is 0 Å². The lowest BCUT2D eigenvalue weighted by atomic mass is 9.86. The Hall–Kier alpha value is -1.30. The van der Waals surface area contributed by atoms with E-state index in [9.17, 15) is 5.11 Å². The Labute approximate surface area is 104 Å². The van der Waals surface area contributed by atoms with Crippen molar-refractivity contribution in [3.8, 4) is 11.8 Å². The van der Waals surface area contributed by atoms with Crippen LogP contribution in [0.2, 0.25) is 0 Å². The van der Waals surface area contributed by atoms with Crippen molar-refractivity contribution in [2.45, 2.75) is 38.8 Å². The molecule has 0 radical (unpaired) electrons. The molecule has 1 aromatic carbocycles. The second kappa shape index (κ2) is 5.35. The maximum atomic E-state index is 9.95. The van der Waals surface area contributed by atoms with Gasteiger partial charge in [0.15, 0.2) is 0 Å². The van der Waals surface area contributed by atoms with Gasteiger partial charge < -0.3 is 5.11 Å². The van der Waals surface area contributed by atoms with Crippen LogP contribution >= 0.6 is 0 Å². The molecule has 0 spiro atoms. The SMILES string of the molecule is CC(C)(O)C(C)(C)NCC#Cc1ccccc1. The molecule has 0 aliphatic rings. The second-order valence-corrected chi connectivity index (χ2v) is 5.21. The number of nitrogens with one attached hydrogen (secondary N) is 1. The van der Waals surface area contributed by atoms with E-state index in [0.717, 1.165) is 5.56 Å². The topological polar surface area (TPSA) is 32.3 Å². The molecule has 0 atom stereocenters. The summed E-state index contributed by atoms with van der Waals surface area (Å²) in [5.74, 6) is 6.13. The first-order valence-electron chi connectivity index (χ1n) is 5.84. The fraction of sp³-hybridized carbons (Fsp3) is 0.467. The van der Waals surface area contributed by atoms with E-state index in [4.69, 9.17) is 0 Å². The summed E-state index contributed by atoms with van der Waals surface area (Å²) in [5.41, 5.74) is -0.129. The van der Waals surface area contributed by atoms with Gasteiger partial charge in [0.1, 0.15) is 0 Å². The van der Waals surface area contributed by atoms with Crippen LogP contribution in [0.15, 0.2) is 30.3 Å². The van der Waals surface area contributed by atoms with Gasteiger partial charge in [0.2, 0.25) is 0 Å². The molecule has 0 bridgehead atoms. The van der Waals surface area contributed by atoms with Crippen LogP contribution in [0.3, 0.4) is 0 Å². The van der Waals surface area contributed by atoms with Gasteiger partial charge in [-0.05, 0) is 39.8 Å². The fourth-order valence-electron chi connectivity index (χ4n) is 1.15. The Morgan fingerprint density at radius 3 is 2.24 bits per heavy atom. The zero-order valence-corrected chi connectivity index (χ0v) is 11.0. The van der Waals surface area contributed by atoms with Crippen molar-refractivity contribution in [3.05, 3.63) is 35.9 Å². The summed E-state index contributed by atoms with van der Waals surface area (Å²) in [6.07, 6.45) is 0. The molecule has 2 N–H and O–H groups in total. The third-order valence-corrected chi connectivity index (χ3v) is 3.15. The molecule has 1 aromatic rings. The molecule has 0 heterocycles. The summed E-state index contributed by atoms with van der Waals surface area (Å²) in [6.45, 7) is 8.09. The molecule has 2 nitrogen and oxygen atoms in total. The van der Waals surface area contributed by atoms with Crippen LogP contribution in [0.1, 0.15) is 33.3 Å². The molecule has 0 saturated heterocycles. The van der Waals surface area contributed by atoms with Gasteiger partial charge >= 0.3 is 0 Å². The Balaban J connectivity index is 2.52. The highest BCUT2D eigenvalue weighted by molar-refractivity contribution is 5.33. The summed E-state index contributed by atoms with van der Waals surface area (Å²) in [5, 5.41) is 13.2. The minimum Gasteiger partial charge on any atom is -0.389 e. The number of benzene rings is 1. The van der Waals surface area contributed by atoms with E-state index in [-0.39, 0.29) is 5.54 Å². The lowest BCUT2D eigenvalue weighted by molar-refractivity contribution is -0.00246. The molecule has 0 aromatic heterocycles. The zero-order valence-electron chi connectivity index (χ0n) is 11.0. The smallest absolute Gasteiger partial charge is 0.0767 e. The highest BCUT2D eigenvalue weighted by Crippen LogP contribution is 2.19. The molecule has 17 heavy (non-hydrogen) atoms. The van der Waals surface area contributed by atoms with E-state index in [2.05, 4.69) is 17.2 Å². The first-order chi connectivity index (χ1) is 7.83. The van der Waals surface area contributed by atoms with Crippen LogP contribution in [0, 0.1) is 11.8 Å². The number of rotatable bonds is 3. The van der Waals surface area contributed by atoms with Gasteiger partial charge in [0.05, 0.1) is 12.1 Å². The Bertz CT molecular complexity index is 404. The average molecular weight is 231 g/mol. The Morgan fingerprint density at radius 2 is 1.71 bits per heavy atom. The predicted octanol–water partition coefficient (Wildman–Crippen LogP) is 2.18. The van der Waals surface area contributed by atoms with Crippen LogP contribution in [-0.4, -0.2) is 22.8 Å². The normalized spacial score (nSPS) is 11.8.